The Balaban J connectivity index is 0.000000217. The molecule has 0 aromatic heterocycles. The number of carbonyl (C=O) groups excluding carboxylic acids is 3. The molecule has 0 aliphatic heterocycles. The Kier molecular flexibility index (Phi) is 20.5. The molecule has 0 heterocycles. The first-order valence-electron chi connectivity index (χ1n) is 27.8. The Morgan fingerprint density at radius 3 is 1.49 bits per heavy atom. The molecule has 0 fully saturated rings. The number of hydrogen-bond donors (Lipinski definition) is 8. The van der Waals surface area contributed by atoms with E-state index in [1.165, 1.54) is 28.8 Å². The first-order chi connectivity index (χ1) is 36.8. The number of anilines is 2. The largest absolute Gasteiger partial charge is 0.508 e. The van der Waals surface area contributed by atoms with Crippen LogP contribution in [0.4, 0.5) is 11.4 Å². The molecule has 80 heavy (non-hydrogen) atoms. The van der Waals surface area contributed by atoms with Gasteiger partial charge >= 0.3 is 5.97 Å². The third-order valence-corrected chi connectivity index (χ3v) is 17.6. The van der Waals surface area contributed by atoms with Crippen molar-refractivity contribution >= 4 is 39.9 Å². The summed E-state index contributed by atoms with van der Waals surface area (Å²) in [6.07, 6.45) is 4.30. The van der Waals surface area contributed by atoms with Gasteiger partial charge in [-0.3, -0.25) is 14.4 Å². The van der Waals surface area contributed by atoms with E-state index < -0.39 is 5.41 Å². The van der Waals surface area contributed by atoms with Gasteiger partial charge in [0, 0.05) is 22.2 Å². The van der Waals surface area contributed by atoms with Crippen LogP contribution in [0.5, 0.6) is 40.2 Å². The summed E-state index contributed by atoms with van der Waals surface area (Å²) in [6.45, 7) is 39.1. The van der Waals surface area contributed by atoms with Gasteiger partial charge in [-0.25, -0.2) is 0 Å². The molecule has 0 spiro atoms. The molecule has 0 bridgehead atoms. The summed E-state index contributed by atoms with van der Waals surface area (Å²) in [5.74, 6) is 1.10. The maximum Gasteiger partial charge on any atom is 0.316 e. The molecule has 434 valence electrons. The Labute approximate surface area is 476 Å². The van der Waals surface area contributed by atoms with Gasteiger partial charge in [-0.05, 0) is 204 Å². The van der Waals surface area contributed by atoms with Crippen LogP contribution in [0, 0.1) is 40.9 Å². The van der Waals surface area contributed by atoms with Crippen LogP contribution in [0.25, 0.3) is 10.8 Å². The van der Waals surface area contributed by atoms with E-state index >= 15 is 0 Å². The van der Waals surface area contributed by atoms with Crippen molar-refractivity contribution < 1.29 is 49.8 Å². The lowest BCUT2D eigenvalue weighted by Crippen LogP contribution is -2.32. The molecule has 2 aliphatic carbocycles. The molecule has 2 amide bonds. The van der Waals surface area contributed by atoms with Crippen molar-refractivity contribution in [1.29, 1.82) is 0 Å². The van der Waals surface area contributed by atoms with E-state index in [-0.39, 0.29) is 73.3 Å². The highest BCUT2D eigenvalue weighted by atomic mass is 16.5. The molecule has 12 nitrogen and oxygen atoms in total. The van der Waals surface area contributed by atoms with Gasteiger partial charge in [-0.15, -0.1) is 0 Å². The van der Waals surface area contributed by atoms with Crippen LogP contribution in [-0.4, -0.2) is 48.4 Å². The number of benzene rings is 6. The third kappa shape index (κ3) is 15.4. The fraction of sp³-hybridized carbons (Fsp3) is 0.456. The molecule has 6 aromatic rings. The Hall–Kier alpha value is -7.21. The monoisotopic (exact) mass is 1100 g/mol. The van der Waals surface area contributed by atoms with Crippen LogP contribution in [0.2, 0.25) is 0 Å². The summed E-state index contributed by atoms with van der Waals surface area (Å²) in [6, 6.07) is 29.6. The van der Waals surface area contributed by atoms with Crippen molar-refractivity contribution in [2.45, 2.75) is 174 Å². The van der Waals surface area contributed by atoms with Crippen molar-refractivity contribution in [2.24, 2.45) is 27.1 Å². The Morgan fingerprint density at radius 2 is 0.975 bits per heavy atom. The van der Waals surface area contributed by atoms with E-state index in [4.69, 9.17) is 9.84 Å². The Morgan fingerprint density at radius 1 is 0.500 bits per heavy atom. The second-order valence-corrected chi connectivity index (χ2v) is 25.9. The predicted molar refractivity (Wildman–Crippen MR) is 325 cm³/mol. The molecular formula is C68H92N2O10. The summed E-state index contributed by atoms with van der Waals surface area (Å²) in [5, 5.41) is 64.1. The van der Waals surface area contributed by atoms with E-state index in [0.29, 0.717) is 34.7 Å². The van der Waals surface area contributed by atoms with Gasteiger partial charge in [0.25, 0.3) is 0 Å². The number of aromatic hydroxyl groups is 6. The number of fused-ring (bicyclic) bond motifs is 3. The number of aryl methyl sites for hydroxylation is 2. The maximum atomic E-state index is 12.0. The summed E-state index contributed by atoms with van der Waals surface area (Å²) in [7, 11) is 0. The zero-order valence-electron chi connectivity index (χ0n) is 51.2. The number of hydrogen-bond acceptors (Lipinski definition) is 10. The van der Waals surface area contributed by atoms with E-state index in [9.17, 15) is 39.9 Å². The average Bonchev–Trinajstić information content (AvgIpc) is 3.68. The number of carbonyl (C=O) groups is 3. The molecule has 8 rings (SSSR count). The van der Waals surface area contributed by atoms with Crippen LogP contribution in [0.3, 0.4) is 0 Å². The molecule has 0 saturated heterocycles. The fourth-order valence-corrected chi connectivity index (χ4v) is 8.97. The molecule has 8 N–H and O–H groups in total. The van der Waals surface area contributed by atoms with Gasteiger partial charge in [0.15, 0.2) is 11.5 Å². The zero-order valence-corrected chi connectivity index (χ0v) is 51.2. The van der Waals surface area contributed by atoms with Crippen LogP contribution in [0.15, 0.2) is 103 Å². The number of phenolic OH excluding ortho intramolecular Hbond substituents is 6. The SMILES string of the molecule is CC1(C)Cc2c(O)cccc2C1(C)C.CC1(C)Cc2cc(O)ccc2C1(C)C.CCC(C)(C)C(=O)Nc1cc(C)c(O)c(C)c1.CCC(C)(C)C(=O)Nc1ccc(O)cc1.CCC(C)(C)C(=O)Oc1ccc2cc(O)c(O)cc2c1. The minimum atomic E-state index is -0.536. The highest BCUT2D eigenvalue weighted by Crippen LogP contribution is 2.53. The lowest BCUT2D eigenvalue weighted by Gasteiger charge is -2.35. The van der Waals surface area contributed by atoms with Crippen molar-refractivity contribution in [3.05, 3.63) is 137 Å². The van der Waals surface area contributed by atoms with Crippen molar-refractivity contribution in [3.8, 4) is 40.2 Å². The summed E-state index contributed by atoms with van der Waals surface area (Å²) in [4.78, 5) is 35.8. The van der Waals surface area contributed by atoms with Gasteiger partial charge in [0.2, 0.25) is 11.8 Å². The lowest BCUT2D eigenvalue weighted by atomic mass is 9.69. The second-order valence-electron chi connectivity index (χ2n) is 25.9. The normalized spacial score (nSPS) is 15.1. The highest BCUT2D eigenvalue weighted by Gasteiger charge is 2.47. The summed E-state index contributed by atoms with van der Waals surface area (Å²) < 4.78 is 5.37. The molecule has 0 atom stereocenters. The number of ether oxygens (including phenoxy) is 1. The number of amides is 2. The topological polar surface area (TPSA) is 206 Å². The standard InChI is InChI=1S/C16H18O4.C14H21NO2.2C13H18O.C12H17NO2/c1-4-16(2,3)15(19)20-12-6-5-10-8-13(17)14(18)9-11(10)7-12;1-6-14(4,5)13(17)15-11-7-9(2)12(16)10(3)8-11;1-12(2)8-9-7-10(14)5-6-11(9)13(12,3)4;1-12(2)8-9-10(13(12,3)4)6-5-7-11(9)14;1-4-12(2,3)11(15)13-9-5-7-10(14)8-6-9/h5-9,17-18H,4H2,1-3H3;7-8,16H,6H2,1-5H3,(H,15,17);2*5-7,14H,8H2,1-4H3;5-8,14H,4H2,1-3H3,(H,13,15). The molecule has 6 aromatic carbocycles. The van der Waals surface area contributed by atoms with Gasteiger partial charge < -0.3 is 46.0 Å². The van der Waals surface area contributed by atoms with E-state index in [0.717, 1.165) is 53.4 Å². The minimum absolute atomic E-state index is 0.00399. The van der Waals surface area contributed by atoms with Crippen LogP contribution < -0.4 is 15.4 Å². The molecular weight excluding hydrogens is 1000 g/mol. The number of rotatable bonds is 9. The molecule has 0 unspecified atom stereocenters. The molecule has 12 heteroatoms. The third-order valence-electron chi connectivity index (χ3n) is 17.6. The predicted octanol–water partition coefficient (Wildman–Crippen LogP) is 16.2. The number of nitrogens with one attached hydrogen (secondary N) is 2. The maximum absolute atomic E-state index is 12.0. The highest BCUT2D eigenvalue weighted by molar-refractivity contribution is 5.95. The van der Waals surface area contributed by atoms with E-state index in [1.807, 2.05) is 88.3 Å². The first kappa shape index (κ1) is 65.3. The smallest absolute Gasteiger partial charge is 0.316 e. The van der Waals surface area contributed by atoms with Crippen molar-refractivity contribution in [1.82, 2.24) is 0 Å². The Bertz CT molecular complexity index is 3140. The fourth-order valence-electron chi connectivity index (χ4n) is 8.97. The van der Waals surface area contributed by atoms with Crippen LogP contribution in [0.1, 0.15) is 170 Å². The average molecular weight is 1100 g/mol. The van der Waals surface area contributed by atoms with Gasteiger partial charge in [0.05, 0.1) is 5.41 Å². The lowest BCUT2D eigenvalue weighted by molar-refractivity contribution is -0.144. The second kappa shape index (κ2) is 25.1. The van der Waals surface area contributed by atoms with Gasteiger partial charge in [-0.1, -0.05) is 128 Å². The van der Waals surface area contributed by atoms with Gasteiger partial charge in [-0.2, -0.15) is 0 Å². The number of phenols is 6. The zero-order chi connectivity index (χ0) is 60.7. The first-order valence-corrected chi connectivity index (χ1v) is 27.8. The minimum Gasteiger partial charge on any atom is -0.508 e. The van der Waals surface area contributed by atoms with Crippen molar-refractivity contribution in [3.63, 3.8) is 0 Å². The van der Waals surface area contributed by atoms with Crippen LogP contribution >= 0.6 is 0 Å². The summed E-state index contributed by atoms with van der Waals surface area (Å²) >= 11 is 0. The summed E-state index contributed by atoms with van der Waals surface area (Å²) in [5.41, 5.74) is 7.73. The molecule has 0 saturated carbocycles. The van der Waals surface area contributed by atoms with Gasteiger partial charge in [0.1, 0.15) is 28.7 Å². The van der Waals surface area contributed by atoms with Crippen molar-refractivity contribution in [2.75, 3.05) is 10.6 Å². The number of esters is 1. The van der Waals surface area contributed by atoms with E-state index in [1.54, 1.807) is 66.7 Å². The van der Waals surface area contributed by atoms with Crippen LogP contribution in [-0.2, 0) is 38.1 Å². The molecule has 2 aliphatic rings. The van der Waals surface area contributed by atoms with E-state index in [2.05, 4.69) is 78.2 Å². The quantitative estimate of drug-likeness (QED) is 0.0298. The molecule has 0 radical (unpaired) electrons.